The smallest absolute Gasteiger partial charge is 0.358 e. The lowest BCUT2D eigenvalue weighted by atomic mass is 10.2. The van der Waals surface area contributed by atoms with Crippen molar-refractivity contribution < 1.29 is 9.53 Å². The molecule has 0 aromatic carbocycles. The molecule has 0 bridgehead atoms. The zero-order chi connectivity index (χ0) is 14.2. The van der Waals surface area contributed by atoms with Crippen LogP contribution in [0, 0.1) is 6.92 Å². The summed E-state index contributed by atoms with van der Waals surface area (Å²) >= 11 is 13.5. The van der Waals surface area contributed by atoms with Crippen molar-refractivity contribution in [1.82, 2.24) is 9.97 Å². The van der Waals surface area contributed by atoms with E-state index in [4.69, 9.17) is 28.9 Å². The monoisotopic (exact) mass is 317 g/mol. The van der Waals surface area contributed by atoms with Crippen LogP contribution in [0.25, 0.3) is 11.4 Å². The molecule has 2 aromatic rings. The maximum absolute atomic E-state index is 11.6. The second-order valence-corrected chi connectivity index (χ2v) is 5.41. The molecule has 19 heavy (non-hydrogen) atoms. The summed E-state index contributed by atoms with van der Waals surface area (Å²) in [6.45, 7) is 1.85. The molecule has 0 unspecified atom stereocenters. The van der Waals surface area contributed by atoms with Crippen molar-refractivity contribution >= 4 is 46.2 Å². The van der Waals surface area contributed by atoms with Gasteiger partial charge in [0, 0.05) is 5.38 Å². The average molecular weight is 318 g/mol. The maximum atomic E-state index is 11.6. The molecule has 100 valence electrons. The Kier molecular flexibility index (Phi) is 3.93. The number of carbonyl (C=O) groups excluding carboxylic acids is 1. The number of rotatable bonds is 2. The van der Waals surface area contributed by atoms with Gasteiger partial charge in [0.05, 0.1) is 27.9 Å². The summed E-state index contributed by atoms with van der Waals surface area (Å²) < 4.78 is 4.61. The van der Waals surface area contributed by atoms with Crippen molar-refractivity contribution in [2.24, 2.45) is 0 Å². The number of esters is 1. The van der Waals surface area contributed by atoms with E-state index < -0.39 is 5.97 Å². The normalized spacial score (nSPS) is 10.5. The van der Waals surface area contributed by atoms with Crippen LogP contribution in [-0.4, -0.2) is 23.0 Å². The van der Waals surface area contributed by atoms with Crippen LogP contribution in [0.5, 0.6) is 0 Å². The van der Waals surface area contributed by atoms with Gasteiger partial charge in [-0.25, -0.2) is 14.8 Å². The molecule has 2 aromatic heterocycles. The van der Waals surface area contributed by atoms with E-state index in [1.807, 2.05) is 6.92 Å². The number of nitrogens with zero attached hydrogens (tertiary/aromatic N) is 2. The van der Waals surface area contributed by atoms with Crippen molar-refractivity contribution in [3.63, 3.8) is 0 Å². The van der Waals surface area contributed by atoms with E-state index >= 15 is 0 Å². The predicted octanol–water partition coefficient (Wildman–Crippen LogP) is 3.19. The van der Waals surface area contributed by atoms with E-state index in [0.29, 0.717) is 11.4 Å². The van der Waals surface area contributed by atoms with Gasteiger partial charge in [0.25, 0.3) is 0 Å². The van der Waals surface area contributed by atoms with Gasteiger partial charge in [0.15, 0.2) is 5.69 Å². The molecule has 0 spiro atoms. The van der Waals surface area contributed by atoms with Gasteiger partial charge < -0.3 is 10.5 Å². The first kappa shape index (κ1) is 14.0. The zero-order valence-electron chi connectivity index (χ0n) is 10.0. The highest BCUT2D eigenvalue weighted by atomic mass is 35.5. The Morgan fingerprint density at radius 1 is 1.37 bits per heavy atom. The Morgan fingerprint density at radius 3 is 2.58 bits per heavy atom. The summed E-state index contributed by atoms with van der Waals surface area (Å²) in [5.74, 6) is -0.679. The molecule has 0 aliphatic heterocycles. The first-order valence-corrected chi connectivity index (χ1v) is 6.74. The third kappa shape index (κ3) is 2.51. The highest BCUT2D eigenvalue weighted by Crippen LogP contribution is 2.37. The number of carbonyl (C=O) groups is 1. The number of aromatic nitrogens is 2. The molecule has 5 nitrogen and oxygen atoms in total. The minimum Gasteiger partial charge on any atom is -0.464 e. The molecule has 0 aliphatic rings. The van der Waals surface area contributed by atoms with Crippen molar-refractivity contribution in [1.29, 1.82) is 0 Å². The van der Waals surface area contributed by atoms with Gasteiger partial charge in [-0.05, 0) is 6.92 Å². The SMILES string of the molecule is COC(=O)c1nc(-c2csc(C)n2)c(Cl)c(N)c1Cl. The third-order valence-corrected chi connectivity index (χ3v) is 3.89. The lowest BCUT2D eigenvalue weighted by Crippen LogP contribution is -2.09. The molecular formula is C11H9Cl2N3O2S. The van der Waals surface area contributed by atoms with E-state index in [2.05, 4.69) is 14.7 Å². The molecule has 2 heterocycles. The van der Waals surface area contributed by atoms with E-state index in [9.17, 15) is 4.79 Å². The van der Waals surface area contributed by atoms with Gasteiger partial charge in [-0.15, -0.1) is 11.3 Å². The zero-order valence-corrected chi connectivity index (χ0v) is 12.4. The number of halogens is 2. The highest BCUT2D eigenvalue weighted by Gasteiger charge is 2.22. The average Bonchev–Trinajstić information content (AvgIpc) is 2.82. The molecule has 2 rings (SSSR count). The Morgan fingerprint density at radius 2 is 2.05 bits per heavy atom. The van der Waals surface area contributed by atoms with Crippen LogP contribution < -0.4 is 5.73 Å². The lowest BCUT2D eigenvalue weighted by Gasteiger charge is -2.09. The van der Waals surface area contributed by atoms with E-state index in [-0.39, 0.29) is 21.4 Å². The fourth-order valence-electron chi connectivity index (χ4n) is 1.44. The number of hydrogen-bond acceptors (Lipinski definition) is 6. The van der Waals surface area contributed by atoms with Crippen molar-refractivity contribution in [3.8, 4) is 11.4 Å². The number of aryl methyl sites for hydroxylation is 1. The number of hydrogen-bond donors (Lipinski definition) is 1. The first-order chi connectivity index (χ1) is 8.95. The number of methoxy groups -OCH3 is 1. The molecule has 0 saturated heterocycles. The summed E-state index contributed by atoms with van der Waals surface area (Å²) in [5.41, 5.74) is 6.65. The number of thiazole rings is 1. The Labute approximate surface area is 123 Å². The molecule has 0 saturated carbocycles. The van der Waals surface area contributed by atoms with Crippen LogP contribution in [-0.2, 0) is 4.74 Å². The number of anilines is 1. The van der Waals surface area contributed by atoms with Crippen molar-refractivity contribution in [2.45, 2.75) is 6.92 Å². The predicted molar refractivity (Wildman–Crippen MR) is 75.9 cm³/mol. The Bertz CT molecular complexity index is 658. The molecule has 0 amide bonds. The molecule has 8 heteroatoms. The number of nitrogen functional groups attached to an aromatic ring is 1. The quantitative estimate of drug-likeness (QED) is 0.860. The largest absolute Gasteiger partial charge is 0.464 e. The Hall–Kier alpha value is -1.37. The van der Waals surface area contributed by atoms with E-state index in [0.717, 1.165) is 5.01 Å². The van der Waals surface area contributed by atoms with Gasteiger partial charge in [-0.1, -0.05) is 23.2 Å². The topological polar surface area (TPSA) is 78.1 Å². The minimum absolute atomic E-state index is 0.0208. The highest BCUT2D eigenvalue weighted by molar-refractivity contribution is 7.09. The fourth-order valence-corrected chi connectivity index (χ4v) is 2.53. The molecule has 0 atom stereocenters. The minimum atomic E-state index is -0.679. The van der Waals surface area contributed by atoms with Crippen LogP contribution in [0.3, 0.4) is 0 Å². The summed E-state index contributed by atoms with van der Waals surface area (Å²) in [4.78, 5) is 20.0. The summed E-state index contributed by atoms with van der Waals surface area (Å²) in [7, 11) is 1.23. The van der Waals surface area contributed by atoms with Gasteiger partial charge in [0.2, 0.25) is 0 Å². The van der Waals surface area contributed by atoms with Crippen LogP contribution in [0.4, 0.5) is 5.69 Å². The maximum Gasteiger partial charge on any atom is 0.358 e. The van der Waals surface area contributed by atoms with Crippen LogP contribution >= 0.6 is 34.5 Å². The molecular weight excluding hydrogens is 309 g/mol. The molecule has 2 N–H and O–H groups in total. The van der Waals surface area contributed by atoms with E-state index in [1.165, 1.54) is 18.4 Å². The molecule has 0 aliphatic carbocycles. The third-order valence-electron chi connectivity index (χ3n) is 2.35. The van der Waals surface area contributed by atoms with Crippen molar-refractivity contribution in [2.75, 3.05) is 12.8 Å². The lowest BCUT2D eigenvalue weighted by molar-refractivity contribution is 0.0594. The van der Waals surface area contributed by atoms with Gasteiger partial charge in [-0.3, -0.25) is 0 Å². The molecule has 0 fully saturated rings. The number of nitrogens with two attached hydrogens (primary N) is 1. The first-order valence-electron chi connectivity index (χ1n) is 5.11. The number of ether oxygens (including phenoxy) is 1. The standard InChI is InChI=1S/C11H9Cl2N3O2S/c1-4-15-5(3-19-4)9-6(12)8(14)7(13)10(16-9)11(17)18-2/h3H,1-2H3,(H2,14,16). The van der Waals surface area contributed by atoms with Crippen molar-refractivity contribution in [3.05, 3.63) is 26.1 Å². The Balaban J connectivity index is 2.68. The second kappa shape index (κ2) is 5.32. The van der Waals surface area contributed by atoms with Gasteiger partial charge in [0.1, 0.15) is 11.4 Å². The van der Waals surface area contributed by atoms with Gasteiger partial charge >= 0.3 is 5.97 Å². The molecule has 0 radical (unpaired) electrons. The summed E-state index contributed by atoms with van der Waals surface area (Å²) in [6.07, 6.45) is 0. The van der Waals surface area contributed by atoms with Gasteiger partial charge in [-0.2, -0.15) is 0 Å². The van der Waals surface area contributed by atoms with Crippen LogP contribution in [0.15, 0.2) is 5.38 Å². The number of pyridine rings is 1. The van der Waals surface area contributed by atoms with E-state index in [1.54, 1.807) is 5.38 Å². The van der Waals surface area contributed by atoms with Crippen LogP contribution in [0.2, 0.25) is 10.0 Å². The summed E-state index contributed by atoms with van der Waals surface area (Å²) in [5, 5.41) is 2.77. The summed E-state index contributed by atoms with van der Waals surface area (Å²) in [6, 6.07) is 0. The fraction of sp³-hybridized carbons (Fsp3) is 0.182. The van der Waals surface area contributed by atoms with Crippen LogP contribution in [0.1, 0.15) is 15.5 Å². The second-order valence-electron chi connectivity index (χ2n) is 3.59.